The van der Waals surface area contributed by atoms with E-state index in [-0.39, 0.29) is 17.9 Å². The van der Waals surface area contributed by atoms with Crippen molar-refractivity contribution in [2.75, 3.05) is 38.6 Å². The number of benzene rings is 1. The van der Waals surface area contributed by atoms with Crippen LogP contribution in [0.2, 0.25) is 0 Å². The molecule has 1 amide bonds. The molecule has 0 atom stereocenters. The fourth-order valence-electron chi connectivity index (χ4n) is 2.84. The molecule has 2 N–H and O–H groups in total. The highest BCUT2D eigenvalue weighted by Gasteiger charge is 2.24. The molecule has 0 unspecified atom stereocenters. The number of nitrogens with zero attached hydrogens (tertiary/aromatic N) is 2. The van der Waals surface area contributed by atoms with E-state index in [0.717, 1.165) is 30.2 Å². The molecular weight excluding hydrogens is 358 g/mol. The van der Waals surface area contributed by atoms with E-state index < -0.39 is 21.9 Å². The van der Waals surface area contributed by atoms with Gasteiger partial charge in [0.05, 0.1) is 10.5 Å². The van der Waals surface area contributed by atoms with Crippen LogP contribution < -0.4 is 10.2 Å². The summed E-state index contributed by atoms with van der Waals surface area (Å²) in [5, 5.41) is 11.4. The van der Waals surface area contributed by atoms with Crippen LogP contribution in [0.25, 0.3) is 0 Å². The van der Waals surface area contributed by atoms with Gasteiger partial charge in [-0.3, -0.25) is 9.59 Å². The molecule has 0 bridgehead atoms. The lowest BCUT2D eigenvalue weighted by molar-refractivity contribution is -0.137. The maximum absolute atomic E-state index is 12.6. The predicted octanol–water partition coefficient (Wildman–Crippen LogP) is 1.13. The molecule has 26 heavy (non-hydrogen) atoms. The molecule has 1 aromatic carbocycles. The van der Waals surface area contributed by atoms with Gasteiger partial charge in [0.2, 0.25) is 10.0 Å². The summed E-state index contributed by atoms with van der Waals surface area (Å²) >= 11 is 0. The van der Waals surface area contributed by atoms with E-state index in [0.29, 0.717) is 17.7 Å². The van der Waals surface area contributed by atoms with Crippen LogP contribution in [0.15, 0.2) is 23.1 Å². The number of hydrogen-bond acceptors (Lipinski definition) is 5. The highest BCUT2D eigenvalue weighted by atomic mass is 32.2. The van der Waals surface area contributed by atoms with Crippen molar-refractivity contribution < 1.29 is 23.1 Å². The van der Waals surface area contributed by atoms with Gasteiger partial charge in [0.25, 0.3) is 5.91 Å². The molecule has 1 fully saturated rings. The van der Waals surface area contributed by atoms with Crippen LogP contribution in [0.1, 0.15) is 36.0 Å². The van der Waals surface area contributed by atoms with Gasteiger partial charge in [0, 0.05) is 45.8 Å². The molecule has 1 aromatic rings. The van der Waals surface area contributed by atoms with Crippen LogP contribution >= 0.6 is 0 Å². The third-order valence-electron chi connectivity index (χ3n) is 4.29. The van der Waals surface area contributed by atoms with Crippen LogP contribution in [0.5, 0.6) is 0 Å². The summed E-state index contributed by atoms with van der Waals surface area (Å²) < 4.78 is 25.9. The van der Waals surface area contributed by atoms with E-state index in [1.165, 1.54) is 26.2 Å². The molecule has 0 saturated carbocycles. The quantitative estimate of drug-likeness (QED) is 0.652. The van der Waals surface area contributed by atoms with E-state index in [1.807, 2.05) is 0 Å². The van der Waals surface area contributed by atoms with E-state index in [1.54, 1.807) is 6.07 Å². The molecule has 2 rings (SSSR count). The number of nitrogens with one attached hydrogen (secondary N) is 1. The predicted molar refractivity (Wildman–Crippen MR) is 98.0 cm³/mol. The van der Waals surface area contributed by atoms with Crippen molar-refractivity contribution in [1.29, 1.82) is 0 Å². The molecule has 1 heterocycles. The van der Waals surface area contributed by atoms with Crippen molar-refractivity contribution in [2.24, 2.45) is 0 Å². The largest absolute Gasteiger partial charge is 0.481 e. The lowest BCUT2D eigenvalue weighted by Gasteiger charge is -2.22. The van der Waals surface area contributed by atoms with Gasteiger partial charge in [0.1, 0.15) is 0 Å². The van der Waals surface area contributed by atoms with E-state index >= 15 is 0 Å². The molecular formula is C17H25N3O5S. The minimum Gasteiger partial charge on any atom is -0.481 e. The normalized spacial score (nSPS) is 14.7. The first-order valence-electron chi connectivity index (χ1n) is 8.55. The molecule has 9 heteroatoms. The fraction of sp³-hybridized carbons (Fsp3) is 0.529. The van der Waals surface area contributed by atoms with Crippen LogP contribution in [0.3, 0.4) is 0 Å². The van der Waals surface area contributed by atoms with Gasteiger partial charge in [-0.25, -0.2) is 12.7 Å². The third-order valence-corrected chi connectivity index (χ3v) is 6.10. The Kier molecular flexibility index (Phi) is 6.60. The number of carbonyl (C=O) groups excluding carboxylic acids is 1. The average Bonchev–Trinajstić information content (AvgIpc) is 3.12. The molecule has 8 nitrogen and oxygen atoms in total. The van der Waals surface area contributed by atoms with Gasteiger partial charge in [-0.05, 0) is 37.5 Å². The lowest BCUT2D eigenvalue weighted by Crippen LogP contribution is -2.29. The summed E-state index contributed by atoms with van der Waals surface area (Å²) in [5.41, 5.74) is 1.00. The first-order chi connectivity index (χ1) is 12.2. The van der Waals surface area contributed by atoms with Gasteiger partial charge in [-0.1, -0.05) is 0 Å². The Labute approximate surface area is 153 Å². The van der Waals surface area contributed by atoms with E-state index in [2.05, 4.69) is 10.2 Å². The van der Waals surface area contributed by atoms with Crippen LogP contribution in [0, 0.1) is 0 Å². The van der Waals surface area contributed by atoms with Crippen LogP contribution in [-0.2, 0) is 14.8 Å². The molecule has 0 spiro atoms. The standard InChI is InChI=1S/C17H25N3O5S/c1-19(2)26(24,25)13-7-8-15(20-10-3-4-11-20)14(12-13)17(23)18-9-5-6-16(21)22/h7-8,12H,3-6,9-11H2,1-2H3,(H,18,23)(H,21,22). The van der Waals surface area contributed by atoms with Crippen LogP contribution in [-0.4, -0.2) is 63.4 Å². The molecule has 1 aliphatic heterocycles. The second-order valence-corrected chi connectivity index (χ2v) is 8.57. The summed E-state index contributed by atoms with van der Waals surface area (Å²) in [6.07, 6.45) is 2.33. The van der Waals surface area contributed by atoms with Crippen molar-refractivity contribution in [1.82, 2.24) is 9.62 Å². The number of sulfonamides is 1. The number of aliphatic carboxylic acids is 1. The number of rotatable bonds is 8. The Balaban J connectivity index is 2.29. The van der Waals surface area contributed by atoms with Crippen molar-refractivity contribution >= 4 is 27.6 Å². The first kappa shape index (κ1) is 20.2. The Morgan fingerprint density at radius 1 is 1.23 bits per heavy atom. The summed E-state index contributed by atoms with van der Waals surface area (Å²) in [6.45, 7) is 1.85. The molecule has 1 aliphatic rings. The second kappa shape index (κ2) is 8.50. The van der Waals surface area contributed by atoms with Gasteiger partial charge in [0.15, 0.2) is 0 Å². The van der Waals surface area contributed by atoms with Crippen molar-refractivity contribution in [3.05, 3.63) is 23.8 Å². The van der Waals surface area contributed by atoms with E-state index in [4.69, 9.17) is 5.11 Å². The number of hydrogen-bond donors (Lipinski definition) is 2. The summed E-state index contributed by atoms with van der Waals surface area (Å²) in [7, 11) is -0.773. The highest BCUT2D eigenvalue weighted by Crippen LogP contribution is 2.28. The Morgan fingerprint density at radius 2 is 1.88 bits per heavy atom. The zero-order chi connectivity index (χ0) is 19.3. The SMILES string of the molecule is CN(C)S(=O)(=O)c1ccc(N2CCCC2)c(C(=O)NCCCC(=O)O)c1. The molecule has 1 saturated heterocycles. The maximum Gasteiger partial charge on any atom is 0.303 e. The molecule has 0 aliphatic carbocycles. The summed E-state index contributed by atoms with van der Waals surface area (Å²) in [6, 6.07) is 4.59. The average molecular weight is 383 g/mol. The number of amides is 1. The Morgan fingerprint density at radius 3 is 2.46 bits per heavy atom. The number of carboxylic acids is 1. The topological polar surface area (TPSA) is 107 Å². The highest BCUT2D eigenvalue weighted by molar-refractivity contribution is 7.89. The number of carbonyl (C=O) groups is 2. The lowest BCUT2D eigenvalue weighted by atomic mass is 10.1. The molecule has 0 aromatic heterocycles. The number of carboxylic acid groups (broad SMARTS) is 1. The zero-order valence-electron chi connectivity index (χ0n) is 15.1. The van der Waals surface area contributed by atoms with Crippen molar-refractivity contribution in [3.8, 4) is 0 Å². The second-order valence-electron chi connectivity index (χ2n) is 6.41. The van der Waals surface area contributed by atoms with Crippen molar-refractivity contribution in [2.45, 2.75) is 30.6 Å². The smallest absolute Gasteiger partial charge is 0.303 e. The minimum atomic E-state index is -3.65. The van der Waals surface area contributed by atoms with Gasteiger partial charge in [-0.15, -0.1) is 0 Å². The Hall–Kier alpha value is -2.13. The fourth-order valence-corrected chi connectivity index (χ4v) is 3.77. The summed E-state index contributed by atoms with van der Waals surface area (Å²) in [4.78, 5) is 25.3. The van der Waals surface area contributed by atoms with Crippen LogP contribution in [0.4, 0.5) is 5.69 Å². The van der Waals surface area contributed by atoms with Crippen molar-refractivity contribution in [3.63, 3.8) is 0 Å². The first-order valence-corrected chi connectivity index (χ1v) is 9.99. The van der Waals surface area contributed by atoms with Gasteiger partial charge < -0.3 is 15.3 Å². The van der Waals surface area contributed by atoms with Gasteiger partial charge in [-0.2, -0.15) is 0 Å². The molecule has 144 valence electrons. The minimum absolute atomic E-state index is 0.0334. The summed E-state index contributed by atoms with van der Waals surface area (Å²) in [5.74, 6) is -1.32. The maximum atomic E-state index is 12.6. The zero-order valence-corrected chi connectivity index (χ0v) is 15.9. The molecule has 0 radical (unpaired) electrons. The monoisotopic (exact) mass is 383 g/mol. The third kappa shape index (κ3) is 4.73. The van der Waals surface area contributed by atoms with Gasteiger partial charge >= 0.3 is 5.97 Å². The Bertz CT molecular complexity index is 771. The number of anilines is 1. The van der Waals surface area contributed by atoms with E-state index in [9.17, 15) is 18.0 Å².